The number of carbonyl (C=O) groups is 2. The molecule has 0 saturated carbocycles. The van der Waals surface area contributed by atoms with E-state index < -0.39 is 11.9 Å². The van der Waals surface area contributed by atoms with Gasteiger partial charge < -0.3 is 19.9 Å². The van der Waals surface area contributed by atoms with Crippen molar-refractivity contribution in [1.29, 1.82) is 0 Å². The predicted octanol–water partition coefficient (Wildman–Crippen LogP) is 3.55. The van der Waals surface area contributed by atoms with Gasteiger partial charge in [0.15, 0.2) is 0 Å². The zero-order chi connectivity index (χ0) is 20.7. The van der Waals surface area contributed by atoms with Crippen LogP contribution in [0.2, 0.25) is 0 Å². The first-order valence-electron chi connectivity index (χ1n) is 9.11. The zero-order valence-corrected chi connectivity index (χ0v) is 16.7. The summed E-state index contributed by atoms with van der Waals surface area (Å²) >= 11 is 0. The van der Waals surface area contributed by atoms with Crippen molar-refractivity contribution in [1.82, 2.24) is 5.32 Å². The molecule has 0 aliphatic rings. The molecule has 0 radical (unpaired) electrons. The number of nitrogens with one attached hydrogen (secondary N) is 1. The van der Waals surface area contributed by atoms with Crippen LogP contribution in [0, 0.1) is 5.92 Å². The van der Waals surface area contributed by atoms with Gasteiger partial charge in [-0.15, -0.1) is 0 Å². The van der Waals surface area contributed by atoms with Crippen LogP contribution in [0.25, 0.3) is 0 Å². The predicted molar refractivity (Wildman–Crippen MR) is 107 cm³/mol. The number of carboxylic acid groups (broad SMARTS) is 1. The van der Waals surface area contributed by atoms with Crippen molar-refractivity contribution in [2.75, 3.05) is 13.7 Å². The molecule has 0 bridgehead atoms. The Morgan fingerprint density at radius 2 is 1.71 bits per heavy atom. The van der Waals surface area contributed by atoms with E-state index in [-0.39, 0.29) is 24.5 Å². The van der Waals surface area contributed by atoms with Crippen molar-refractivity contribution in [2.24, 2.45) is 5.92 Å². The molecule has 2 rings (SSSR count). The summed E-state index contributed by atoms with van der Waals surface area (Å²) in [6.07, 6.45) is 0.262. The number of para-hydroxylation sites is 1. The molecule has 0 heterocycles. The minimum absolute atomic E-state index is 0.0203. The van der Waals surface area contributed by atoms with Gasteiger partial charge in [-0.05, 0) is 63.1 Å². The molecular weight excluding hydrogens is 358 g/mol. The van der Waals surface area contributed by atoms with Crippen LogP contribution >= 0.6 is 0 Å². The molecule has 6 heteroatoms. The van der Waals surface area contributed by atoms with Gasteiger partial charge in [0.25, 0.3) is 5.91 Å². The summed E-state index contributed by atoms with van der Waals surface area (Å²) in [7, 11) is 1.55. The Morgan fingerprint density at radius 3 is 2.29 bits per heavy atom. The highest BCUT2D eigenvalue weighted by molar-refractivity contribution is 5.94. The Morgan fingerprint density at radius 1 is 1.07 bits per heavy atom. The Labute approximate surface area is 165 Å². The van der Waals surface area contributed by atoms with Crippen molar-refractivity contribution in [3.05, 3.63) is 59.7 Å². The first-order chi connectivity index (χ1) is 13.2. The van der Waals surface area contributed by atoms with Gasteiger partial charge in [0.05, 0.1) is 13.0 Å². The molecule has 0 fully saturated rings. The van der Waals surface area contributed by atoms with Crippen LogP contribution in [0.3, 0.4) is 0 Å². The van der Waals surface area contributed by atoms with Crippen LogP contribution < -0.4 is 14.8 Å². The van der Waals surface area contributed by atoms with Crippen LogP contribution in [-0.2, 0) is 11.2 Å². The summed E-state index contributed by atoms with van der Waals surface area (Å²) in [6, 6.07) is 14.0. The van der Waals surface area contributed by atoms with Gasteiger partial charge in [0, 0.05) is 12.1 Å². The van der Waals surface area contributed by atoms with Crippen LogP contribution in [-0.4, -0.2) is 36.2 Å². The molecule has 0 saturated heterocycles. The smallest absolute Gasteiger partial charge is 0.308 e. The summed E-state index contributed by atoms with van der Waals surface area (Å²) in [5.41, 5.74) is 0.912. The van der Waals surface area contributed by atoms with Gasteiger partial charge in [-0.25, -0.2) is 0 Å². The Bertz CT molecular complexity index is 808. The molecular formula is C22H27NO5. The van der Waals surface area contributed by atoms with Gasteiger partial charge in [-0.2, -0.15) is 0 Å². The minimum atomic E-state index is -0.972. The van der Waals surface area contributed by atoms with E-state index in [1.165, 1.54) is 0 Å². The summed E-state index contributed by atoms with van der Waals surface area (Å²) < 4.78 is 11.0. The second kappa shape index (κ2) is 9.26. The fraction of sp³-hybridized carbons (Fsp3) is 0.364. The molecule has 0 spiro atoms. The minimum Gasteiger partial charge on any atom is -0.496 e. The third-order valence-electron chi connectivity index (χ3n) is 4.06. The maximum Gasteiger partial charge on any atom is 0.308 e. The summed E-state index contributed by atoms with van der Waals surface area (Å²) in [6.45, 7) is 5.86. The molecule has 0 aliphatic heterocycles. The van der Waals surface area contributed by atoms with E-state index in [0.717, 1.165) is 5.56 Å². The number of amides is 1. The van der Waals surface area contributed by atoms with E-state index in [2.05, 4.69) is 5.32 Å². The quantitative estimate of drug-likeness (QED) is 0.726. The summed E-state index contributed by atoms with van der Waals surface area (Å²) in [4.78, 5) is 24.0. The van der Waals surface area contributed by atoms with E-state index in [4.69, 9.17) is 9.47 Å². The molecule has 6 nitrogen and oxygen atoms in total. The molecule has 28 heavy (non-hydrogen) atoms. The fourth-order valence-electron chi connectivity index (χ4n) is 2.73. The second-order valence-corrected chi connectivity index (χ2v) is 7.50. The summed E-state index contributed by atoms with van der Waals surface area (Å²) in [5, 5.41) is 12.2. The number of aliphatic carboxylic acids is 1. The molecule has 2 N–H and O–H groups in total. The van der Waals surface area contributed by atoms with E-state index in [0.29, 0.717) is 17.1 Å². The summed E-state index contributed by atoms with van der Waals surface area (Å²) in [5.74, 6) is -0.754. The molecule has 150 valence electrons. The van der Waals surface area contributed by atoms with Gasteiger partial charge in [0.1, 0.15) is 17.1 Å². The number of hydrogen-bond acceptors (Lipinski definition) is 4. The lowest BCUT2D eigenvalue weighted by atomic mass is 9.98. The van der Waals surface area contributed by atoms with E-state index in [9.17, 15) is 14.7 Å². The van der Waals surface area contributed by atoms with Crippen LogP contribution in [0.1, 0.15) is 36.7 Å². The highest BCUT2D eigenvalue weighted by Crippen LogP contribution is 2.21. The standard InChI is InChI=1S/C22H27NO5/c1-22(2,3)28-18-11-9-15(10-12-18)20(24)23-14-17(21(25)26)13-16-7-5-6-8-19(16)27-4/h5-12,17H,13-14H2,1-4H3,(H,23,24)(H,25,26). The van der Waals surface area contributed by atoms with E-state index in [1.54, 1.807) is 37.4 Å². The Balaban J connectivity index is 1.99. The molecule has 2 aromatic carbocycles. The average molecular weight is 385 g/mol. The monoisotopic (exact) mass is 385 g/mol. The molecule has 1 atom stereocenters. The molecule has 1 amide bonds. The highest BCUT2D eigenvalue weighted by atomic mass is 16.5. The number of carboxylic acids is 1. The maximum absolute atomic E-state index is 12.4. The third-order valence-corrected chi connectivity index (χ3v) is 4.06. The molecule has 2 aromatic rings. The second-order valence-electron chi connectivity index (χ2n) is 7.50. The lowest BCUT2D eigenvalue weighted by Gasteiger charge is -2.21. The number of carbonyl (C=O) groups excluding carboxylic acids is 1. The Hall–Kier alpha value is -3.02. The highest BCUT2D eigenvalue weighted by Gasteiger charge is 2.21. The molecule has 0 aromatic heterocycles. The van der Waals surface area contributed by atoms with Gasteiger partial charge >= 0.3 is 5.97 Å². The first kappa shape index (κ1) is 21.3. The third kappa shape index (κ3) is 6.30. The van der Waals surface area contributed by atoms with Crippen LogP contribution in [0.5, 0.6) is 11.5 Å². The SMILES string of the molecule is COc1ccccc1CC(CNC(=O)c1ccc(OC(C)(C)C)cc1)C(=O)O. The van der Waals surface area contributed by atoms with Gasteiger partial charge in [0.2, 0.25) is 0 Å². The number of benzene rings is 2. The maximum atomic E-state index is 12.4. The first-order valence-corrected chi connectivity index (χ1v) is 9.11. The lowest BCUT2D eigenvalue weighted by molar-refractivity contribution is -0.141. The van der Waals surface area contributed by atoms with Crippen molar-refractivity contribution >= 4 is 11.9 Å². The number of ether oxygens (including phenoxy) is 2. The van der Waals surface area contributed by atoms with E-state index >= 15 is 0 Å². The van der Waals surface area contributed by atoms with E-state index in [1.807, 2.05) is 39.0 Å². The fourth-order valence-corrected chi connectivity index (χ4v) is 2.73. The molecule has 1 unspecified atom stereocenters. The van der Waals surface area contributed by atoms with Gasteiger partial charge in [-0.1, -0.05) is 18.2 Å². The topological polar surface area (TPSA) is 84.9 Å². The normalized spacial score (nSPS) is 12.1. The largest absolute Gasteiger partial charge is 0.496 e. The van der Waals surface area contributed by atoms with Crippen LogP contribution in [0.4, 0.5) is 0 Å². The average Bonchev–Trinajstić information content (AvgIpc) is 2.64. The van der Waals surface area contributed by atoms with Gasteiger partial charge in [-0.3, -0.25) is 9.59 Å². The number of hydrogen-bond donors (Lipinski definition) is 2. The van der Waals surface area contributed by atoms with Crippen molar-refractivity contribution in [2.45, 2.75) is 32.8 Å². The lowest BCUT2D eigenvalue weighted by Crippen LogP contribution is -2.34. The van der Waals surface area contributed by atoms with Crippen molar-refractivity contribution in [3.63, 3.8) is 0 Å². The Kier molecular flexibility index (Phi) is 7.04. The van der Waals surface area contributed by atoms with Crippen LogP contribution in [0.15, 0.2) is 48.5 Å². The van der Waals surface area contributed by atoms with Crippen molar-refractivity contribution < 1.29 is 24.2 Å². The number of methoxy groups -OCH3 is 1. The molecule has 0 aliphatic carbocycles. The zero-order valence-electron chi connectivity index (χ0n) is 16.7. The van der Waals surface area contributed by atoms with Crippen molar-refractivity contribution in [3.8, 4) is 11.5 Å². The number of rotatable bonds is 8.